The zero-order chi connectivity index (χ0) is 19.5. The summed E-state index contributed by atoms with van der Waals surface area (Å²) in [5, 5.41) is 15.5. The maximum atomic E-state index is 12.3. The molecule has 0 spiro atoms. The molecular weight excluding hydrogens is 358 g/mol. The fraction of sp³-hybridized carbons (Fsp3) is 0.300. The van der Waals surface area contributed by atoms with Crippen molar-refractivity contribution in [2.24, 2.45) is 0 Å². The summed E-state index contributed by atoms with van der Waals surface area (Å²) in [6.07, 6.45) is 0.722. The van der Waals surface area contributed by atoms with Crippen LogP contribution in [0, 0.1) is 13.8 Å². The van der Waals surface area contributed by atoms with Gasteiger partial charge in [-0.25, -0.2) is 4.68 Å². The molecule has 28 heavy (non-hydrogen) atoms. The van der Waals surface area contributed by atoms with Crippen molar-refractivity contribution in [3.8, 4) is 17.4 Å². The first-order chi connectivity index (χ1) is 13.6. The molecule has 1 amide bonds. The lowest BCUT2D eigenvalue weighted by molar-refractivity contribution is -0.124. The molecule has 2 aromatic heterocycles. The minimum Gasteiger partial charge on any atom is -0.493 e. The van der Waals surface area contributed by atoms with Gasteiger partial charge in [0.2, 0.25) is 5.88 Å². The SMILES string of the molecule is Cc1cc(C)n(-c2ccc(OCC(=O)N[C@@H]3CCOc4ccccc43)nn2)n1. The Bertz CT molecular complexity index is 984. The molecule has 0 unspecified atom stereocenters. The average molecular weight is 379 g/mol. The van der Waals surface area contributed by atoms with E-state index in [-0.39, 0.29) is 24.4 Å². The maximum Gasteiger partial charge on any atom is 0.258 e. The van der Waals surface area contributed by atoms with Crippen LogP contribution in [0.3, 0.4) is 0 Å². The van der Waals surface area contributed by atoms with Crippen LogP contribution in [0.1, 0.15) is 29.4 Å². The standard InChI is InChI=1S/C20H21N5O3/c1-13-11-14(2)25(24-13)18-7-8-20(23-22-18)28-12-19(26)21-16-9-10-27-17-6-4-3-5-15(16)17/h3-8,11,16H,9-10,12H2,1-2H3,(H,21,26)/t16-/m1/s1. The topological polar surface area (TPSA) is 91.2 Å². The number of carbonyl (C=O) groups excluding carboxylic acids is 1. The first-order valence-corrected chi connectivity index (χ1v) is 9.11. The molecule has 8 heteroatoms. The summed E-state index contributed by atoms with van der Waals surface area (Å²) >= 11 is 0. The Hall–Kier alpha value is -3.42. The summed E-state index contributed by atoms with van der Waals surface area (Å²) in [4.78, 5) is 12.3. The molecule has 8 nitrogen and oxygen atoms in total. The molecule has 1 N–H and O–H groups in total. The van der Waals surface area contributed by atoms with Gasteiger partial charge in [0, 0.05) is 23.7 Å². The first-order valence-electron chi connectivity index (χ1n) is 9.11. The molecule has 4 rings (SSSR count). The van der Waals surface area contributed by atoms with Crippen molar-refractivity contribution in [3.05, 3.63) is 59.4 Å². The van der Waals surface area contributed by atoms with E-state index in [0.29, 0.717) is 12.4 Å². The number of aromatic nitrogens is 4. The van der Waals surface area contributed by atoms with Gasteiger partial charge in [0.15, 0.2) is 12.4 Å². The van der Waals surface area contributed by atoms with Gasteiger partial charge in [-0.2, -0.15) is 5.10 Å². The van der Waals surface area contributed by atoms with Gasteiger partial charge in [-0.15, -0.1) is 10.2 Å². The molecule has 0 saturated carbocycles. The highest BCUT2D eigenvalue weighted by molar-refractivity contribution is 5.78. The molecular formula is C20H21N5O3. The number of para-hydroxylation sites is 1. The second kappa shape index (κ2) is 7.67. The van der Waals surface area contributed by atoms with Gasteiger partial charge in [-0.3, -0.25) is 4.79 Å². The highest BCUT2D eigenvalue weighted by Gasteiger charge is 2.22. The van der Waals surface area contributed by atoms with E-state index >= 15 is 0 Å². The van der Waals surface area contributed by atoms with Crippen LogP contribution in [0.25, 0.3) is 5.82 Å². The summed E-state index contributed by atoms with van der Waals surface area (Å²) in [7, 11) is 0. The number of nitrogens with zero attached hydrogens (tertiary/aromatic N) is 4. The van der Waals surface area contributed by atoms with Crippen molar-refractivity contribution in [2.75, 3.05) is 13.2 Å². The number of hydrogen-bond donors (Lipinski definition) is 1. The largest absolute Gasteiger partial charge is 0.493 e. The third-order valence-electron chi connectivity index (χ3n) is 4.50. The predicted molar refractivity (Wildman–Crippen MR) is 102 cm³/mol. The van der Waals surface area contributed by atoms with Crippen LogP contribution in [0.2, 0.25) is 0 Å². The lowest BCUT2D eigenvalue weighted by atomic mass is 10.0. The Labute approximate surface area is 162 Å². The fourth-order valence-electron chi connectivity index (χ4n) is 3.23. The summed E-state index contributed by atoms with van der Waals surface area (Å²) in [6.45, 7) is 4.31. The van der Waals surface area contributed by atoms with Gasteiger partial charge < -0.3 is 14.8 Å². The maximum absolute atomic E-state index is 12.3. The number of hydrogen-bond acceptors (Lipinski definition) is 6. The minimum absolute atomic E-state index is 0.0828. The predicted octanol–water partition coefficient (Wildman–Crippen LogP) is 2.30. The Morgan fingerprint density at radius 1 is 1.25 bits per heavy atom. The van der Waals surface area contributed by atoms with Crippen molar-refractivity contribution >= 4 is 5.91 Å². The lowest BCUT2D eigenvalue weighted by Gasteiger charge is -2.26. The molecule has 0 radical (unpaired) electrons. The summed E-state index contributed by atoms with van der Waals surface area (Å²) in [5.41, 5.74) is 2.86. The molecule has 3 aromatic rings. The molecule has 0 fully saturated rings. The van der Waals surface area contributed by atoms with Crippen molar-refractivity contribution in [3.63, 3.8) is 0 Å². The molecule has 1 atom stereocenters. The highest BCUT2D eigenvalue weighted by Crippen LogP contribution is 2.31. The van der Waals surface area contributed by atoms with E-state index in [9.17, 15) is 4.79 Å². The fourth-order valence-corrected chi connectivity index (χ4v) is 3.23. The smallest absolute Gasteiger partial charge is 0.258 e. The molecule has 0 aliphatic carbocycles. The monoisotopic (exact) mass is 379 g/mol. The van der Waals surface area contributed by atoms with Crippen LogP contribution in [0.15, 0.2) is 42.5 Å². The van der Waals surface area contributed by atoms with E-state index in [1.807, 2.05) is 44.2 Å². The van der Waals surface area contributed by atoms with E-state index in [1.54, 1.807) is 16.8 Å². The van der Waals surface area contributed by atoms with Crippen molar-refractivity contribution in [2.45, 2.75) is 26.3 Å². The third-order valence-corrected chi connectivity index (χ3v) is 4.50. The van der Waals surface area contributed by atoms with Crippen molar-refractivity contribution in [1.82, 2.24) is 25.3 Å². The zero-order valence-electron chi connectivity index (χ0n) is 15.8. The molecule has 3 heterocycles. The Balaban J connectivity index is 1.35. The summed E-state index contributed by atoms with van der Waals surface area (Å²) in [5.74, 6) is 1.48. The molecule has 1 aromatic carbocycles. The number of amides is 1. The van der Waals surface area contributed by atoms with E-state index in [2.05, 4.69) is 20.6 Å². The Morgan fingerprint density at radius 3 is 2.86 bits per heavy atom. The van der Waals surface area contributed by atoms with Crippen LogP contribution in [0.4, 0.5) is 0 Å². The van der Waals surface area contributed by atoms with Crippen LogP contribution >= 0.6 is 0 Å². The number of nitrogens with one attached hydrogen (secondary N) is 1. The molecule has 144 valence electrons. The number of aryl methyl sites for hydroxylation is 2. The summed E-state index contributed by atoms with van der Waals surface area (Å²) < 4.78 is 12.8. The second-order valence-electron chi connectivity index (χ2n) is 6.65. The van der Waals surface area contributed by atoms with Crippen molar-refractivity contribution < 1.29 is 14.3 Å². The van der Waals surface area contributed by atoms with Gasteiger partial charge in [0.1, 0.15) is 5.75 Å². The van der Waals surface area contributed by atoms with Gasteiger partial charge >= 0.3 is 0 Å². The van der Waals surface area contributed by atoms with Gasteiger partial charge in [-0.1, -0.05) is 18.2 Å². The van der Waals surface area contributed by atoms with Crippen molar-refractivity contribution in [1.29, 1.82) is 0 Å². The van der Waals surface area contributed by atoms with Crippen LogP contribution in [-0.2, 0) is 4.79 Å². The van der Waals surface area contributed by atoms with E-state index in [0.717, 1.165) is 29.1 Å². The van der Waals surface area contributed by atoms with Gasteiger partial charge in [0.25, 0.3) is 5.91 Å². The van der Waals surface area contributed by atoms with Gasteiger partial charge in [0.05, 0.1) is 18.3 Å². The average Bonchev–Trinajstić information content (AvgIpc) is 3.05. The second-order valence-corrected chi connectivity index (χ2v) is 6.65. The van der Waals surface area contributed by atoms with E-state index < -0.39 is 0 Å². The first kappa shape index (κ1) is 18.0. The van der Waals surface area contributed by atoms with E-state index in [4.69, 9.17) is 9.47 Å². The van der Waals surface area contributed by atoms with Gasteiger partial charge in [-0.05, 0) is 32.0 Å². The zero-order valence-corrected chi connectivity index (χ0v) is 15.8. The highest BCUT2D eigenvalue weighted by atomic mass is 16.5. The van der Waals surface area contributed by atoms with Crippen LogP contribution < -0.4 is 14.8 Å². The quantitative estimate of drug-likeness (QED) is 0.731. The number of ether oxygens (including phenoxy) is 2. The Morgan fingerprint density at radius 2 is 2.11 bits per heavy atom. The summed E-state index contributed by atoms with van der Waals surface area (Å²) in [6, 6.07) is 13.0. The number of carbonyl (C=O) groups is 1. The molecule has 1 aliphatic rings. The number of rotatable bonds is 5. The Kier molecular flexibility index (Phi) is 4.92. The molecule has 0 bridgehead atoms. The molecule has 1 aliphatic heterocycles. The number of fused-ring (bicyclic) bond motifs is 1. The van der Waals surface area contributed by atoms with Crippen LogP contribution in [0.5, 0.6) is 11.6 Å². The minimum atomic E-state index is -0.217. The lowest BCUT2D eigenvalue weighted by Crippen LogP contribution is -2.35. The third kappa shape index (κ3) is 3.80. The number of benzene rings is 1. The van der Waals surface area contributed by atoms with E-state index in [1.165, 1.54) is 0 Å². The normalized spacial score (nSPS) is 15.4. The molecule has 0 saturated heterocycles. The van der Waals surface area contributed by atoms with Crippen LogP contribution in [-0.4, -0.2) is 39.1 Å².